The lowest BCUT2D eigenvalue weighted by Crippen LogP contribution is -2.41. The lowest BCUT2D eigenvalue weighted by molar-refractivity contribution is 0.101. The summed E-state index contributed by atoms with van der Waals surface area (Å²) in [5.41, 5.74) is 1.24. The molecule has 0 aromatic heterocycles. The van der Waals surface area contributed by atoms with E-state index in [0.29, 0.717) is 11.3 Å². The van der Waals surface area contributed by atoms with Gasteiger partial charge >= 0.3 is 6.03 Å². The van der Waals surface area contributed by atoms with Gasteiger partial charge in [-0.25, -0.2) is 4.79 Å². The van der Waals surface area contributed by atoms with Crippen molar-refractivity contribution < 1.29 is 9.59 Å². The van der Waals surface area contributed by atoms with Gasteiger partial charge in [0.15, 0.2) is 5.78 Å². The molecule has 0 spiro atoms. The van der Waals surface area contributed by atoms with Crippen molar-refractivity contribution in [3.8, 4) is 6.07 Å². The van der Waals surface area contributed by atoms with E-state index in [2.05, 4.69) is 11.4 Å². The van der Waals surface area contributed by atoms with Crippen molar-refractivity contribution in [3.63, 3.8) is 0 Å². The van der Waals surface area contributed by atoms with Crippen LogP contribution in [0.5, 0.6) is 0 Å². The largest absolute Gasteiger partial charge is 0.322 e. The maximum atomic E-state index is 12.3. The predicted molar refractivity (Wildman–Crippen MR) is 80.0 cm³/mol. The van der Waals surface area contributed by atoms with Crippen molar-refractivity contribution in [3.05, 3.63) is 29.8 Å². The van der Waals surface area contributed by atoms with E-state index in [-0.39, 0.29) is 24.4 Å². The number of rotatable bonds is 4. The topological polar surface area (TPSA) is 73.2 Å². The van der Waals surface area contributed by atoms with Crippen LogP contribution in [-0.2, 0) is 0 Å². The zero-order valence-corrected chi connectivity index (χ0v) is 12.1. The zero-order valence-electron chi connectivity index (χ0n) is 12.1. The number of urea groups is 1. The molecule has 0 heterocycles. The molecule has 0 atom stereocenters. The highest BCUT2D eigenvalue weighted by molar-refractivity contribution is 5.95. The van der Waals surface area contributed by atoms with Crippen molar-refractivity contribution in [1.82, 2.24) is 4.90 Å². The molecule has 2 amide bonds. The molecule has 2 rings (SSSR count). The highest BCUT2D eigenvalue weighted by Crippen LogP contribution is 2.24. The second-order valence-corrected chi connectivity index (χ2v) is 5.29. The van der Waals surface area contributed by atoms with Crippen LogP contribution in [0.2, 0.25) is 0 Å². The van der Waals surface area contributed by atoms with E-state index in [1.807, 2.05) is 0 Å². The molecule has 1 N–H and O–H groups in total. The third-order valence-corrected chi connectivity index (χ3v) is 3.81. The molecule has 110 valence electrons. The molecule has 0 bridgehead atoms. The molecule has 1 saturated carbocycles. The first kappa shape index (κ1) is 15.0. The van der Waals surface area contributed by atoms with Crippen LogP contribution in [-0.4, -0.2) is 29.3 Å². The maximum absolute atomic E-state index is 12.3. The van der Waals surface area contributed by atoms with Gasteiger partial charge in [-0.2, -0.15) is 5.26 Å². The summed E-state index contributed by atoms with van der Waals surface area (Å²) in [6, 6.07) is 8.73. The Bertz CT molecular complexity index is 554. The number of nitrogens with one attached hydrogen (secondary N) is 1. The number of ketones is 1. The molecule has 5 nitrogen and oxygen atoms in total. The van der Waals surface area contributed by atoms with E-state index in [0.717, 1.165) is 25.7 Å². The first-order valence-corrected chi connectivity index (χ1v) is 7.17. The monoisotopic (exact) mass is 285 g/mol. The molecule has 1 aliphatic carbocycles. The molecule has 0 unspecified atom stereocenters. The fourth-order valence-electron chi connectivity index (χ4n) is 2.64. The number of Topliss-reactive ketones (excluding diaryl/α,β-unsaturated/α-hetero) is 1. The summed E-state index contributed by atoms with van der Waals surface area (Å²) in [5.74, 6) is -0.00932. The Hall–Kier alpha value is -2.35. The second-order valence-electron chi connectivity index (χ2n) is 5.29. The van der Waals surface area contributed by atoms with Crippen LogP contribution in [0.25, 0.3) is 0 Å². The number of benzene rings is 1. The minimum absolute atomic E-state index is 0.00932. The van der Waals surface area contributed by atoms with Crippen LogP contribution in [0.15, 0.2) is 24.3 Å². The molecular weight excluding hydrogens is 266 g/mol. The highest BCUT2D eigenvalue weighted by Gasteiger charge is 2.26. The number of nitrogens with zero attached hydrogens (tertiary/aromatic N) is 2. The van der Waals surface area contributed by atoms with Crippen molar-refractivity contribution >= 4 is 17.5 Å². The summed E-state index contributed by atoms with van der Waals surface area (Å²) in [6.07, 6.45) is 4.12. The van der Waals surface area contributed by atoms with E-state index in [1.165, 1.54) is 6.92 Å². The van der Waals surface area contributed by atoms with Crippen LogP contribution >= 0.6 is 0 Å². The molecule has 21 heavy (non-hydrogen) atoms. The van der Waals surface area contributed by atoms with Crippen molar-refractivity contribution in [2.45, 2.75) is 38.6 Å². The third kappa shape index (κ3) is 3.82. The predicted octanol–water partition coefficient (Wildman–Crippen LogP) is 3.19. The summed E-state index contributed by atoms with van der Waals surface area (Å²) in [6.45, 7) is 1.60. The normalized spacial score (nSPS) is 14.5. The fourth-order valence-corrected chi connectivity index (χ4v) is 2.64. The van der Waals surface area contributed by atoms with Crippen molar-refractivity contribution in [1.29, 1.82) is 5.26 Å². The molecule has 0 aliphatic heterocycles. The summed E-state index contributed by atoms with van der Waals surface area (Å²) < 4.78 is 0. The SMILES string of the molecule is CC(=O)c1ccc(NC(=O)N(CC#N)C2CCCC2)cc1. The standard InChI is InChI=1S/C16H19N3O2/c1-12(20)13-6-8-14(9-7-13)18-16(21)19(11-10-17)15-4-2-3-5-15/h6-9,15H,2-5,11H2,1H3,(H,18,21). The molecule has 0 radical (unpaired) electrons. The van der Waals surface area contributed by atoms with Crippen LogP contribution in [0, 0.1) is 11.3 Å². The Morgan fingerprint density at radius 2 is 1.90 bits per heavy atom. The summed E-state index contributed by atoms with van der Waals surface area (Å²) in [7, 11) is 0. The lowest BCUT2D eigenvalue weighted by Gasteiger charge is -2.26. The lowest BCUT2D eigenvalue weighted by atomic mass is 10.1. The number of carbonyl (C=O) groups excluding carboxylic acids is 2. The fraction of sp³-hybridized carbons (Fsp3) is 0.438. The van der Waals surface area contributed by atoms with Crippen LogP contribution in [0.3, 0.4) is 0 Å². The minimum Gasteiger partial charge on any atom is -0.308 e. The van der Waals surface area contributed by atoms with E-state index in [4.69, 9.17) is 5.26 Å². The molecule has 1 aromatic carbocycles. The van der Waals surface area contributed by atoms with Crippen LogP contribution in [0.1, 0.15) is 43.0 Å². The molecule has 5 heteroatoms. The van der Waals surface area contributed by atoms with Gasteiger partial charge in [-0.15, -0.1) is 0 Å². The molecule has 1 aromatic rings. The van der Waals surface area contributed by atoms with Gasteiger partial charge < -0.3 is 10.2 Å². The summed E-state index contributed by atoms with van der Waals surface area (Å²) in [4.78, 5) is 25.1. The maximum Gasteiger partial charge on any atom is 0.322 e. The minimum atomic E-state index is -0.251. The summed E-state index contributed by atoms with van der Waals surface area (Å²) in [5, 5.41) is 11.7. The zero-order chi connectivity index (χ0) is 15.2. The number of anilines is 1. The molecule has 1 aliphatic rings. The Balaban J connectivity index is 2.04. The third-order valence-electron chi connectivity index (χ3n) is 3.81. The quantitative estimate of drug-likeness (QED) is 0.682. The highest BCUT2D eigenvalue weighted by atomic mass is 16.2. The van der Waals surface area contributed by atoms with Gasteiger partial charge in [0, 0.05) is 17.3 Å². The Morgan fingerprint density at radius 3 is 2.43 bits per heavy atom. The summed E-state index contributed by atoms with van der Waals surface area (Å²) >= 11 is 0. The molecule has 1 fully saturated rings. The number of nitriles is 1. The van der Waals surface area contributed by atoms with Gasteiger partial charge in [0.1, 0.15) is 6.54 Å². The van der Waals surface area contributed by atoms with E-state index < -0.39 is 0 Å². The van der Waals surface area contributed by atoms with Crippen molar-refractivity contribution in [2.75, 3.05) is 11.9 Å². The number of hydrogen-bond acceptors (Lipinski definition) is 3. The Kier molecular flexibility index (Phi) is 4.94. The average molecular weight is 285 g/mol. The van der Waals surface area contributed by atoms with Crippen molar-refractivity contribution in [2.24, 2.45) is 0 Å². The van der Waals surface area contributed by atoms with Gasteiger partial charge in [-0.3, -0.25) is 4.79 Å². The Morgan fingerprint density at radius 1 is 1.29 bits per heavy atom. The molecular formula is C16H19N3O2. The smallest absolute Gasteiger partial charge is 0.308 e. The first-order valence-electron chi connectivity index (χ1n) is 7.17. The van der Waals surface area contributed by atoms with Gasteiger partial charge in [-0.1, -0.05) is 12.8 Å². The number of amides is 2. The van der Waals surface area contributed by atoms with Gasteiger partial charge in [0.25, 0.3) is 0 Å². The number of carbonyl (C=O) groups is 2. The average Bonchev–Trinajstić information content (AvgIpc) is 2.99. The van der Waals surface area contributed by atoms with E-state index in [1.54, 1.807) is 29.2 Å². The number of hydrogen-bond donors (Lipinski definition) is 1. The van der Waals surface area contributed by atoms with E-state index in [9.17, 15) is 9.59 Å². The first-order chi connectivity index (χ1) is 10.1. The van der Waals surface area contributed by atoms with E-state index >= 15 is 0 Å². The molecule has 0 saturated heterocycles. The second kappa shape index (κ2) is 6.89. The van der Waals surface area contributed by atoms with Gasteiger partial charge in [0.05, 0.1) is 6.07 Å². The van der Waals surface area contributed by atoms with Gasteiger partial charge in [0.2, 0.25) is 0 Å². The van der Waals surface area contributed by atoms with Crippen LogP contribution < -0.4 is 5.32 Å². The van der Waals surface area contributed by atoms with Crippen LogP contribution in [0.4, 0.5) is 10.5 Å². The van der Waals surface area contributed by atoms with Gasteiger partial charge in [-0.05, 0) is 44.0 Å². The Labute approximate surface area is 124 Å².